The summed E-state index contributed by atoms with van der Waals surface area (Å²) < 4.78 is 11.6. The van der Waals surface area contributed by atoms with Gasteiger partial charge in [0, 0.05) is 50.3 Å². The van der Waals surface area contributed by atoms with Gasteiger partial charge in [-0.1, -0.05) is 18.2 Å². The summed E-state index contributed by atoms with van der Waals surface area (Å²) in [5.74, 6) is 0.922. The third kappa shape index (κ3) is 5.83. The normalized spacial score (nSPS) is 21.7. The largest absolute Gasteiger partial charge is 0.490 e. The fraction of sp³-hybridized carbons (Fsp3) is 0.522. The van der Waals surface area contributed by atoms with Gasteiger partial charge in [0.2, 0.25) is 11.8 Å². The number of para-hydroxylation sites is 1. The highest BCUT2D eigenvalue weighted by atomic mass is 32.1. The lowest BCUT2D eigenvalue weighted by atomic mass is 9.90. The summed E-state index contributed by atoms with van der Waals surface area (Å²) in [6.07, 6.45) is 1.28. The van der Waals surface area contributed by atoms with Gasteiger partial charge in [-0.05, 0) is 19.1 Å². The predicted molar refractivity (Wildman–Crippen MR) is 118 cm³/mol. The molecular formula is C23H29N3O4S. The molecule has 2 aliphatic rings. The van der Waals surface area contributed by atoms with Crippen molar-refractivity contribution in [2.75, 3.05) is 39.4 Å². The lowest BCUT2D eigenvalue weighted by Gasteiger charge is -2.39. The average molecular weight is 444 g/mol. The first-order valence-electron chi connectivity index (χ1n) is 10.8. The Morgan fingerprint density at radius 3 is 2.61 bits per heavy atom. The minimum Gasteiger partial charge on any atom is -0.490 e. The molecule has 8 heteroatoms. The van der Waals surface area contributed by atoms with Gasteiger partial charge in [-0.15, -0.1) is 11.3 Å². The van der Waals surface area contributed by atoms with E-state index in [1.807, 2.05) is 52.4 Å². The Morgan fingerprint density at radius 1 is 1.13 bits per heavy atom. The second kappa shape index (κ2) is 10.2. The van der Waals surface area contributed by atoms with Crippen LogP contribution >= 0.6 is 11.3 Å². The van der Waals surface area contributed by atoms with Crippen molar-refractivity contribution in [3.05, 3.63) is 46.4 Å². The molecule has 1 aromatic carbocycles. The van der Waals surface area contributed by atoms with Gasteiger partial charge in [0.15, 0.2) is 0 Å². The van der Waals surface area contributed by atoms with Gasteiger partial charge >= 0.3 is 0 Å². The Labute approximate surface area is 187 Å². The van der Waals surface area contributed by atoms with Crippen molar-refractivity contribution in [3.8, 4) is 5.75 Å². The van der Waals surface area contributed by atoms with E-state index >= 15 is 0 Å². The first-order chi connectivity index (χ1) is 15.1. The molecule has 1 aromatic heterocycles. The summed E-state index contributed by atoms with van der Waals surface area (Å²) in [6, 6.07) is 9.70. The molecule has 2 amide bonds. The molecule has 2 fully saturated rings. The summed E-state index contributed by atoms with van der Waals surface area (Å²) in [7, 11) is 0. The predicted octanol–water partition coefficient (Wildman–Crippen LogP) is 2.54. The zero-order valence-corrected chi connectivity index (χ0v) is 18.7. The fourth-order valence-electron chi connectivity index (χ4n) is 4.18. The zero-order valence-electron chi connectivity index (χ0n) is 17.9. The van der Waals surface area contributed by atoms with Gasteiger partial charge in [-0.25, -0.2) is 4.98 Å². The number of carbonyl (C=O) groups is 2. The highest BCUT2D eigenvalue weighted by Crippen LogP contribution is 2.27. The molecule has 2 aromatic rings. The maximum atomic E-state index is 12.9. The number of nitrogens with zero attached hydrogens (tertiary/aromatic N) is 3. The Bertz CT molecular complexity index is 882. The molecule has 2 atom stereocenters. The highest BCUT2D eigenvalue weighted by Gasteiger charge is 2.35. The van der Waals surface area contributed by atoms with Gasteiger partial charge in [0.25, 0.3) is 0 Å². The van der Waals surface area contributed by atoms with E-state index in [-0.39, 0.29) is 23.8 Å². The standard InChI is InChI=1S/C23H29N3O4S/c1-17-24-19(16-31-17)14-23(28)26-8-7-21(30-20-5-3-2-4-6-20)18(15-26)13-22(27)25-9-11-29-12-10-25/h2-6,16,18,21H,7-15H2,1H3/t18-,21-/m0/s1. The van der Waals surface area contributed by atoms with Crippen LogP contribution in [0, 0.1) is 12.8 Å². The molecule has 2 saturated heterocycles. The van der Waals surface area contributed by atoms with Crippen LogP contribution in [0.1, 0.15) is 23.5 Å². The summed E-state index contributed by atoms with van der Waals surface area (Å²) in [4.78, 5) is 34.0. The van der Waals surface area contributed by atoms with Crippen LogP contribution in [0.5, 0.6) is 5.75 Å². The molecular weight excluding hydrogens is 414 g/mol. The van der Waals surface area contributed by atoms with Crippen molar-refractivity contribution >= 4 is 23.2 Å². The first-order valence-corrected chi connectivity index (χ1v) is 11.7. The zero-order chi connectivity index (χ0) is 21.6. The number of rotatable bonds is 6. The summed E-state index contributed by atoms with van der Waals surface area (Å²) >= 11 is 1.56. The number of aromatic nitrogens is 1. The van der Waals surface area contributed by atoms with Gasteiger partial charge in [0.05, 0.1) is 30.3 Å². The minimum absolute atomic E-state index is 0.0505. The molecule has 0 spiro atoms. The quantitative estimate of drug-likeness (QED) is 0.686. The number of amides is 2. The molecule has 0 aliphatic carbocycles. The SMILES string of the molecule is Cc1nc(CC(=O)N2CC[C@H](Oc3ccccc3)[C@@H](CC(=O)N3CCOCC3)C2)cs1. The van der Waals surface area contributed by atoms with Crippen molar-refractivity contribution in [2.45, 2.75) is 32.3 Å². The number of benzene rings is 1. The van der Waals surface area contributed by atoms with Crippen LogP contribution in [0.2, 0.25) is 0 Å². The second-order valence-electron chi connectivity index (χ2n) is 8.09. The maximum Gasteiger partial charge on any atom is 0.228 e. The van der Waals surface area contributed by atoms with E-state index in [4.69, 9.17) is 9.47 Å². The summed E-state index contributed by atoms with van der Waals surface area (Å²) in [5, 5.41) is 2.91. The van der Waals surface area contributed by atoms with Crippen LogP contribution in [-0.4, -0.2) is 72.1 Å². The van der Waals surface area contributed by atoms with E-state index < -0.39 is 0 Å². The Hall–Kier alpha value is -2.45. The number of carbonyl (C=O) groups excluding carboxylic acids is 2. The van der Waals surface area contributed by atoms with Crippen LogP contribution in [0.15, 0.2) is 35.7 Å². The van der Waals surface area contributed by atoms with E-state index in [0.717, 1.165) is 16.5 Å². The highest BCUT2D eigenvalue weighted by molar-refractivity contribution is 7.09. The van der Waals surface area contributed by atoms with E-state index in [2.05, 4.69) is 4.98 Å². The smallest absolute Gasteiger partial charge is 0.228 e. The number of hydrogen-bond donors (Lipinski definition) is 0. The Kier molecular flexibility index (Phi) is 7.19. The van der Waals surface area contributed by atoms with E-state index in [9.17, 15) is 9.59 Å². The molecule has 2 aliphatic heterocycles. The van der Waals surface area contributed by atoms with Crippen LogP contribution in [0.4, 0.5) is 0 Å². The van der Waals surface area contributed by atoms with Crippen LogP contribution < -0.4 is 4.74 Å². The molecule has 0 N–H and O–H groups in total. The molecule has 7 nitrogen and oxygen atoms in total. The number of aryl methyl sites for hydroxylation is 1. The topological polar surface area (TPSA) is 72.0 Å². The molecule has 4 rings (SSSR count). The van der Waals surface area contributed by atoms with Gasteiger partial charge in [-0.2, -0.15) is 0 Å². The minimum atomic E-state index is -0.0991. The number of ether oxygens (including phenoxy) is 2. The molecule has 0 bridgehead atoms. The first kappa shape index (κ1) is 21.8. The fourth-order valence-corrected chi connectivity index (χ4v) is 4.80. The van der Waals surface area contributed by atoms with Crippen molar-refractivity contribution < 1.29 is 19.1 Å². The number of morpholine rings is 1. The van der Waals surface area contributed by atoms with Crippen molar-refractivity contribution in [1.29, 1.82) is 0 Å². The van der Waals surface area contributed by atoms with E-state index in [1.165, 1.54) is 0 Å². The Balaban J connectivity index is 1.43. The summed E-state index contributed by atoms with van der Waals surface area (Å²) in [5.41, 5.74) is 0.816. The lowest BCUT2D eigenvalue weighted by molar-refractivity contribution is -0.141. The molecule has 0 saturated carbocycles. The number of thiazole rings is 1. The third-order valence-corrected chi connectivity index (χ3v) is 6.67. The third-order valence-electron chi connectivity index (χ3n) is 5.85. The second-order valence-corrected chi connectivity index (χ2v) is 9.15. The molecule has 0 unspecified atom stereocenters. The lowest BCUT2D eigenvalue weighted by Crippen LogP contribution is -2.50. The van der Waals surface area contributed by atoms with Crippen LogP contribution in [0.25, 0.3) is 0 Å². The average Bonchev–Trinajstić information content (AvgIpc) is 3.20. The molecule has 166 valence electrons. The van der Waals surface area contributed by atoms with Crippen molar-refractivity contribution in [2.24, 2.45) is 5.92 Å². The number of piperidine rings is 1. The maximum absolute atomic E-state index is 12.9. The van der Waals surface area contributed by atoms with Crippen LogP contribution in [-0.2, 0) is 20.7 Å². The van der Waals surface area contributed by atoms with E-state index in [0.29, 0.717) is 58.7 Å². The van der Waals surface area contributed by atoms with Crippen molar-refractivity contribution in [3.63, 3.8) is 0 Å². The van der Waals surface area contributed by atoms with Crippen molar-refractivity contribution in [1.82, 2.24) is 14.8 Å². The van der Waals surface area contributed by atoms with E-state index in [1.54, 1.807) is 11.3 Å². The van der Waals surface area contributed by atoms with Crippen LogP contribution in [0.3, 0.4) is 0 Å². The molecule has 31 heavy (non-hydrogen) atoms. The summed E-state index contributed by atoms with van der Waals surface area (Å²) in [6.45, 7) is 5.51. The molecule has 3 heterocycles. The monoisotopic (exact) mass is 443 g/mol. The molecule has 0 radical (unpaired) electrons. The van der Waals surface area contributed by atoms with Gasteiger partial charge < -0.3 is 19.3 Å². The number of hydrogen-bond acceptors (Lipinski definition) is 6. The Morgan fingerprint density at radius 2 is 1.90 bits per heavy atom. The van der Waals surface area contributed by atoms with Gasteiger partial charge in [0.1, 0.15) is 11.9 Å². The van der Waals surface area contributed by atoms with Gasteiger partial charge in [-0.3, -0.25) is 9.59 Å². The number of likely N-dealkylation sites (tertiary alicyclic amines) is 1.